The Morgan fingerprint density at radius 2 is 0.839 bits per heavy atom. The lowest BCUT2D eigenvalue weighted by atomic mass is 10.0. The second-order valence-corrected chi connectivity index (χ2v) is 9.92. The van der Waals surface area contributed by atoms with Crippen LogP contribution in [0.5, 0.6) is 0 Å². The number of aliphatic hydroxyl groups excluding tert-OH is 1. The molecule has 2 heteroatoms. The van der Waals surface area contributed by atoms with Gasteiger partial charge in [-0.1, -0.05) is 149 Å². The summed E-state index contributed by atoms with van der Waals surface area (Å²) < 4.78 is 6.16. The van der Waals surface area contributed by atoms with Gasteiger partial charge in [-0.2, -0.15) is 0 Å². The molecular formula is C29H60O2. The van der Waals surface area contributed by atoms with Crippen LogP contribution in [0.25, 0.3) is 0 Å². The summed E-state index contributed by atoms with van der Waals surface area (Å²) in [6.45, 7) is 7.62. The van der Waals surface area contributed by atoms with Crippen molar-refractivity contribution in [1.29, 1.82) is 0 Å². The molecular weight excluding hydrogens is 380 g/mol. The minimum Gasteiger partial charge on any atom is -0.390 e. The highest BCUT2D eigenvalue weighted by atomic mass is 16.5. The van der Waals surface area contributed by atoms with Crippen molar-refractivity contribution in [1.82, 2.24) is 0 Å². The van der Waals surface area contributed by atoms with E-state index in [9.17, 15) is 5.11 Å². The molecule has 2 atom stereocenters. The molecule has 0 aliphatic carbocycles. The van der Waals surface area contributed by atoms with E-state index in [-0.39, 0.29) is 12.2 Å². The monoisotopic (exact) mass is 440 g/mol. The van der Waals surface area contributed by atoms with Crippen molar-refractivity contribution < 1.29 is 9.84 Å². The van der Waals surface area contributed by atoms with Crippen molar-refractivity contribution in [3.8, 4) is 0 Å². The SMILES string of the molecule is CCCCCCCCCCCCCOC(CCCC)C(O)CCCCCCCCCC. The highest BCUT2D eigenvalue weighted by Gasteiger charge is 2.18. The van der Waals surface area contributed by atoms with Gasteiger partial charge in [0.2, 0.25) is 0 Å². The molecule has 0 bridgehead atoms. The lowest BCUT2D eigenvalue weighted by molar-refractivity contribution is -0.0472. The third kappa shape index (κ3) is 22.9. The average molecular weight is 441 g/mol. The van der Waals surface area contributed by atoms with E-state index in [4.69, 9.17) is 4.74 Å². The van der Waals surface area contributed by atoms with Crippen molar-refractivity contribution in [2.45, 2.75) is 181 Å². The van der Waals surface area contributed by atoms with E-state index in [2.05, 4.69) is 20.8 Å². The molecule has 2 nitrogen and oxygen atoms in total. The number of aliphatic hydroxyl groups is 1. The normalized spacial score (nSPS) is 13.5. The minimum atomic E-state index is -0.264. The molecule has 0 saturated heterocycles. The zero-order valence-corrected chi connectivity index (χ0v) is 22.0. The van der Waals surface area contributed by atoms with E-state index in [0.29, 0.717) is 0 Å². The number of hydrogen-bond acceptors (Lipinski definition) is 2. The first-order valence-electron chi connectivity index (χ1n) is 14.6. The molecule has 0 aromatic rings. The molecule has 188 valence electrons. The molecule has 0 fully saturated rings. The van der Waals surface area contributed by atoms with E-state index >= 15 is 0 Å². The fourth-order valence-electron chi connectivity index (χ4n) is 4.47. The summed E-state index contributed by atoms with van der Waals surface area (Å²) in [5.41, 5.74) is 0. The smallest absolute Gasteiger partial charge is 0.0833 e. The van der Waals surface area contributed by atoms with Crippen molar-refractivity contribution in [2.75, 3.05) is 6.61 Å². The first-order chi connectivity index (χ1) is 15.3. The summed E-state index contributed by atoms with van der Waals surface area (Å²) in [7, 11) is 0. The van der Waals surface area contributed by atoms with Gasteiger partial charge in [0.15, 0.2) is 0 Å². The van der Waals surface area contributed by atoms with Gasteiger partial charge < -0.3 is 9.84 Å². The van der Waals surface area contributed by atoms with Crippen molar-refractivity contribution in [3.63, 3.8) is 0 Å². The highest BCUT2D eigenvalue weighted by Crippen LogP contribution is 2.18. The summed E-state index contributed by atoms with van der Waals surface area (Å²) in [6, 6.07) is 0. The lowest BCUT2D eigenvalue weighted by Crippen LogP contribution is -2.29. The van der Waals surface area contributed by atoms with Crippen LogP contribution in [0.3, 0.4) is 0 Å². The second kappa shape index (κ2) is 26.2. The topological polar surface area (TPSA) is 29.5 Å². The van der Waals surface area contributed by atoms with E-state index in [1.54, 1.807) is 0 Å². The molecule has 2 unspecified atom stereocenters. The largest absolute Gasteiger partial charge is 0.390 e. The third-order valence-electron chi connectivity index (χ3n) is 6.70. The summed E-state index contributed by atoms with van der Waals surface area (Å²) in [6.07, 6.45) is 29.7. The van der Waals surface area contributed by atoms with Gasteiger partial charge in [-0.15, -0.1) is 0 Å². The molecule has 0 rings (SSSR count). The fourth-order valence-corrected chi connectivity index (χ4v) is 4.47. The molecule has 31 heavy (non-hydrogen) atoms. The Labute approximate surface area is 197 Å². The molecule has 0 radical (unpaired) electrons. The minimum absolute atomic E-state index is 0.0626. The van der Waals surface area contributed by atoms with E-state index in [1.165, 1.54) is 116 Å². The Hall–Kier alpha value is -0.0800. The first-order valence-corrected chi connectivity index (χ1v) is 14.6. The Bertz CT molecular complexity index is 318. The van der Waals surface area contributed by atoms with Crippen LogP contribution in [0.4, 0.5) is 0 Å². The van der Waals surface area contributed by atoms with Crippen LogP contribution in [0, 0.1) is 0 Å². The number of unbranched alkanes of at least 4 members (excludes halogenated alkanes) is 18. The van der Waals surface area contributed by atoms with Gasteiger partial charge in [-0.05, 0) is 19.3 Å². The zero-order valence-electron chi connectivity index (χ0n) is 22.0. The zero-order chi connectivity index (χ0) is 22.8. The van der Waals surface area contributed by atoms with E-state index < -0.39 is 0 Å². The Morgan fingerprint density at radius 1 is 0.452 bits per heavy atom. The molecule has 0 aromatic heterocycles. The molecule has 0 spiro atoms. The Kier molecular flexibility index (Phi) is 26.1. The summed E-state index contributed by atoms with van der Waals surface area (Å²) in [4.78, 5) is 0. The Balaban J connectivity index is 3.68. The number of rotatable bonds is 26. The van der Waals surface area contributed by atoms with Crippen LogP contribution in [-0.2, 0) is 4.74 Å². The van der Waals surface area contributed by atoms with Gasteiger partial charge in [-0.3, -0.25) is 0 Å². The molecule has 0 heterocycles. The average Bonchev–Trinajstić information content (AvgIpc) is 2.78. The summed E-state index contributed by atoms with van der Waals surface area (Å²) in [5.74, 6) is 0. The quantitative estimate of drug-likeness (QED) is 0.136. The number of ether oxygens (including phenoxy) is 1. The van der Waals surface area contributed by atoms with Gasteiger partial charge >= 0.3 is 0 Å². The van der Waals surface area contributed by atoms with Crippen LogP contribution in [-0.4, -0.2) is 23.9 Å². The van der Waals surface area contributed by atoms with E-state index in [0.717, 1.165) is 38.7 Å². The standard InChI is InChI=1S/C29H60O2/c1-4-7-10-12-14-16-17-18-20-22-24-27-31-29(26-9-6-3)28(30)25-23-21-19-15-13-11-8-5-2/h28-30H,4-27H2,1-3H3. The molecule has 0 aromatic carbocycles. The van der Waals surface area contributed by atoms with Gasteiger partial charge in [0, 0.05) is 6.61 Å². The predicted octanol–water partition coefficient (Wildman–Crippen LogP) is 9.76. The third-order valence-corrected chi connectivity index (χ3v) is 6.70. The molecule has 0 aliphatic rings. The fraction of sp³-hybridized carbons (Fsp3) is 1.00. The maximum Gasteiger partial charge on any atom is 0.0833 e. The van der Waals surface area contributed by atoms with Gasteiger partial charge in [0.05, 0.1) is 12.2 Å². The Morgan fingerprint density at radius 3 is 1.29 bits per heavy atom. The van der Waals surface area contributed by atoms with Crippen LogP contribution in [0.2, 0.25) is 0 Å². The summed E-state index contributed by atoms with van der Waals surface area (Å²) >= 11 is 0. The second-order valence-electron chi connectivity index (χ2n) is 9.92. The van der Waals surface area contributed by atoms with Crippen molar-refractivity contribution in [2.24, 2.45) is 0 Å². The van der Waals surface area contributed by atoms with Gasteiger partial charge in [0.1, 0.15) is 0 Å². The van der Waals surface area contributed by atoms with Crippen LogP contribution < -0.4 is 0 Å². The lowest BCUT2D eigenvalue weighted by Gasteiger charge is -2.23. The predicted molar refractivity (Wildman–Crippen MR) is 139 cm³/mol. The van der Waals surface area contributed by atoms with Crippen LogP contribution >= 0.6 is 0 Å². The van der Waals surface area contributed by atoms with Crippen molar-refractivity contribution >= 4 is 0 Å². The summed E-state index contributed by atoms with van der Waals surface area (Å²) in [5, 5.41) is 10.7. The molecule has 0 aliphatic heterocycles. The molecule has 0 saturated carbocycles. The van der Waals surface area contributed by atoms with E-state index in [1.807, 2.05) is 0 Å². The van der Waals surface area contributed by atoms with Gasteiger partial charge in [-0.25, -0.2) is 0 Å². The molecule has 1 N–H and O–H groups in total. The van der Waals surface area contributed by atoms with Gasteiger partial charge in [0.25, 0.3) is 0 Å². The first kappa shape index (κ1) is 30.9. The highest BCUT2D eigenvalue weighted by molar-refractivity contribution is 4.70. The maximum atomic E-state index is 10.7. The van der Waals surface area contributed by atoms with Crippen molar-refractivity contribution in [3.05, 3.63) is 0 Å². The van der Waals surface area contributed by atoms with Crippen LogP contribution in [0.1, 0.15) is 168 Å². The van der Waals surface area contributed by atoms with Crippen LogP contribution in [0.15, 0.2) is 0 Å². The molecule has 0 amide bonds. The number of hydrogen-bond donors (Lipinski definition) is 1. The maximum absolute atomic E-state index is 10.7.